The molecular formula is C21H25NO2. The van der Waals surface area contributed by atoms with Crippen molar-refractivity contribution in [3.05, 3.63) is 65.7 Å². The molecule has 1 aliphatic rings. The van der Waals surface area contributed by atoms with Gasteiger partial charge in [0.2, 0.25) is 5.91 Å². The van der Waals surface area contributed by atoms with Crippen molar-refractivity contribution in [2.24, 2.45) is 5.92 Å². The molecule has 2 atom stereocenters. The summed E-state index contributed by atoms with van der Waals surface area (Å²) in [7, 11) is 1.68. The van der Waals surface area contributed by atoms with E-state index in [4.69, 9.17) is 4.74 Å². The van der Waals surface area contributed by atoms with Crippen LogP contribution in [0.1, 0.15) is 36.9 Å². The highest BCUT2D eigenvalue weighted by Crippen LogP contribution is 2.30. The Morgan fingerprint density at radius 1 is 1.12 bits per heavy atom. The first kappa shape index (κ1) is 16.6. The Hall–Kier alpha value is -2.29. The monoisotopic (exact) mass is 323 g/mol. The second kappa shape index (κ2) is 7.52. The van der Waals surface area contributed by atoms with E-state index in [2.05, 4.69) is 31.2 Å². The lowest BCUT2D eigenvalue weighted by atomic mass is 9.98. The second-order valence-electron chi connectivity index (χ2n) is 6.49. The third kappa shape index (κ3) is 3.61. The van der Waals surface area contributed by atoms with Gasteiger partial charge in [0, 0.05) is 12.5 Å². The molecule has 1 saturated heterocycles. The molecule has 0 N–H and O–H groups in total. The van der Waals surface area contributed by atoms with Gasteiger partial charge in [0.05, 0.1) is 13.2 Å². The van der Waals surface area contributed by atoms with Crippen molar-refractivity contribution in [2.45, 2.75) is 32.2 Å². The average Bonchev–Trinajstić information content (AvgIpc) is 3.01. The Morgan fingerprint density at radius 2 is 1.83 bits per heavy atom. The highest BCUT2D eigenvalue weighted by molar-refractivity contribution is 5.81. The summed E-state index contributed by atoms with van der Waals surface area (Å²) in [5, 5.41) is 0. The standard InChI is InChI=1S/C21H25NO2/c1-16(18-6-4-3-5-7-18)22-15-14-19(21(22)23)11-8-17-9-12-20(24-2)13-10-17/h3-7,9-10,12-13,16,19H,8,11,14-15H2,1-2H3/t16-,19-/m0/s1. The third-order valence-electron chi connectivity index (χ3n) is 5.04. The predicted octanol–water partition coefficient (Wildman–Crippen LogP) is 4.24. The van der Waals surface area contributed by atoms with Crippen LogP contribution in [0.3, 0.4) is 0 Å². The van der Waals surface area contributed by atoms with E-state index in [1.807, 2.05) is 35.2 Å². The van der Waals surface area contributed by atoms with Crippen LogP contribution in [0.2, 0.25) is 0 Å². The fourth-order valence-corrected chi connectivity index (χ4v) is 3.46. The fraction of sp³-hybridized carbons (Fsp3) is 0.381. The molecule has 1 aliphatic heterocycles. The summed E-state index contributed by atoms with van der Waals surface area (Å²) in [6.45, 7) is 2.99. The van der Waals surface area contributed by atoms with Gasteiger partial charge in [0.25, 0.3) is 0 Å². The number of rotatable bonds is 6. The molecule has 0 aliphatic carbocycles. The number of hydrogen-bond donors (Lipinski definition) is 0. The molecule has 2 aromatic carbocycles. The maximum atomic E-state index is 12.7. The Labute approximate surface area is 144 Å². The fourth-order valence-electron chi connectivity index (χ4n) is 3.46. The lowest BCUT2D eigenvalue weighted by molar-refractivity contribution is -0.132. The van der Waals surface area contributed by atoms with Crippen LogP contribution < -0.4 is 4.74 Å². The van der Waals surface area contributed by atoms with Gasteiger partial charge in [-0.2, -0.15) is 0 Å². The van der Waals surface area contributed by atoms with Gasteiger partial charge in [-0.1, -0.05) is 42.5 Å². The van der Waals surface area contributed by atoms with Crippen molar-refractivity contribution in [1.82, 2.24) is 4.90 Å². The molecule has 1 amide bonds. The summed E-state index contributed by atoms with van der Waals surface area (Å²) >= 11 is 0. The first-order valence-electron chi connectivity index (χ1n) is 8.67. The molecule has 0 spiro atoms. The molecule has 0 bridgehead atoms. The van der Waals surface area contributed by atoms with E-state index in [-0.39, 0.29) is 12.0 Å². The Morgan fingerprint density at radius 3 is 2.50 bits per heavy atom. The predicted molar refractivity (Wildman–Crippen MR) is 96.0 cm³/mol. The van der Waals surface area contributed by atoms with Crippen LogP contribution in [0.15, 0.2) is 54.6 Å². The van der Waals surface area contributed by atoms with E-state index in [1.165, 1.54) is 11.1 Å². The van der Waals surface area contributed by atoms with E-state index >= 15 is 0 Å². The normalized spacial score (nSPS) is 18.7. The zero-order valence-electron chi connectivity index (χ0n) is 14.4. The molecule has 0 saturated carbocycles. The molecule has 0 radical (unpaired) electrons. The summed E-state index contributed by atoms with van der Waals surface area (Å²) in [5.41, 5.74) is 2.47. The van der Waals surface area contributed by atoms with E-state index < -0.39 is 0 Å². The smallest absolute Gasteiger partial charge is 0.226 e. The SMILES string of the molecule is COc1ccc(CC[C@H]2CCN([C@@H](C)c3ccccc3)C2=O)cc1. The van der Waals surface area contributed by atoms with Gasteiger partial charge in [-0.25, -0.2) is 0 Å². The van der Waals surface area contributed by atoms with Crippen LogP contribution in [0.5, 0.6) is 5.75 Å². The number of aryl methyl sites for hydroxylation is 1. The van der Waals surface area contributed by atoms with Gasteiger partial charge in [0.15, 0.2) is 0 Å². The van der Waals surface area contributed by atoms with Crippen molar-refractivity contribution >= 4 is 5.91 Å². The topological polar surface area (TPSA) is 29.5 Å². The number of likely N-dealkylation sites (tertiary alicyclic amines) is 1. The number of benzene rings is 2. The highest BCUT2D eigenvalue weighted by Gasteiger charge is 2.34. The molecule has 1 fully saturated rings. The zero-order chi connectivity index (χ0) is 16.9. The van der Waals surface area contributed by atoms with E-state index in [0.29, 0.717) is 5.91 Å². The number of amides is 1. The first-order chi connectivity index (χ1) is 11.7. The molecule has 126 valence electrons. The molecule has 0 unspecified atom stereocenters. The Kier molecular flexibility index (Phi) is 5.19. The van der Waals surface area contributed by atoms with Gasteiger partial charge in [-0.15, -0.1) is 0 Å². The molecule has 3 nitrogen and oxygen atoms in total. The van der Waals surface area contributed by atoms with E-state index in [9.17, 15) is 4.79 Å². The summed E-state index contributed by atoms with van der Waals surface area (Å²) in [6.07, 6.45) is 2.82. The maximum absolute atomic E-state index is 12.7. The summed E-state index contributed by atoms with van der Waals surface area (Å²) in [6, 6.07) is 18.6. The van der Waals surface area contributed by atoms with Crippen molar-refractivity contribution in [3.8, 4) is 5.75 Å². The van der Waals surface area contributed by atoms with Crippen LogP contribution >= 0.6 is 0 Å². The van der Waals surface area contributed by atoms with Gasteiger partial charge >= 0.3 is 0 Å². The minimum Gasteiger partial charge on any atom is -0.497 e. The van der Waals surface area contributed by atoms with Crippen molar-refractivity contribution in [1.29, 1.82) is 0 Å². The number of methoxy groups -OCH3 is 1. The molecule has 24 heavy (non-hydrogen) atoms. The number of carbonyl (C=O) groups is 1. The van der Waals surface area contributed by atoms with Gasteiger partial charge in [0.1, 0.15) is 5.75 Å². The first-order valence-corrected chi connectivity index (χ1v) is 8.67. The van der Waals surface area contributed by atoms with Crippen LogP contribution in [-0.4, -0.2) is 24.5 Å². The average molecular weight is 323 g/mol. The van der Waals surface area contributed by atoms with Gasteiger partial charge in [-0.05, 0) is 49.4 Å². The Bertz CT molecular complexity index is 666. The van der Waals surface area contributed by atoms with E-state index in [1.54, 1.807) is 7.11 Å². The van der Waals surface area contributed by atoms with Crippen LogP contribution in [0, 0.1) is 5.92 Å². The largest absolute Gasteiger partial charge is 0.497 e. The highest BCUT2D eigenvalue weighted by atomic mass is 16.5. The van der Waals surface area contributed by atoms with Crippen molar-refractivity contribution in [3.63, 3.8) is 0 Å². The number of ether oxygens (including phenoxy) is 1. The van der Waals surface area contributed by atoms with E-state index in [0.717, 1.165) is 31.6 Å². The Balaban J connectivity index is 1.57. The minimum atomic E-state index is 0.151. The number of nitrogens with zero attached hydrogens (tertiary/aromatic N) is 1. The van der Waals surface area contributed by atoms with Crippen LogP contribution in [0.4, 0.5) is 0 Å². The molecule has 2 aromatic rings. The van der Waals surface area contributed by atoms with Crippen LogP contribution in [0.25, 0.3) is 0 Å². The maximum Gasteiger partial charge on any atom is 0.226 e. The lowest BCUT2D eigenvalue weighted by Gasteiger charge is -2.25. The molecule has 3 heteroatoms. The molecule has 1 heterocycles. The molecule has 0 aromatic heterocycles. The lowest BCUT2D eigenvalue weighted by Crippen LogP contribution is -2.30. The quantitative estimate of drug-likeness (QED) is 0.796. The summed E-state index contributed by atoms with van der Waals surface area (Å²) < 4.78 is 5.19. The van der Waals surface area contributed by atoms with Gasteiger partial charge < -0.3 is 9.64 Å². The van der Waals surface area contributed by atoms with Crippen LogP contribution in [-0.2, 0) is 11.2 Å². The summed E-state index contributed by atoms with van der Waals surface area (Å²) in [5.74, 6) is 1.33. The molecule has 3 rings (SSSR count). The number of hydrogen-bond acceptors (Lipinski definition) is 2. The zero-order valence-corrected chi connectivity index (χ0v) is 14.4. The number of carbonyl (C=O) groups excluding carboxylic acids is 1. The van der Waals surface area contributed by atoms with Crippen molar-refractivity contribution < 1.29 is 9.53 Å². The second-order valence-corrected chi connectivity index (χ2v) is 6.49. The minimum absolute atomic E-state index is 0.151. The third-order valence-corrected chi connectivity index (χ3v) is 5.04. The molecular weight excluding hydrogens is 298 g/mol. The summed E-state index contributed by atoms with van der Waals surface area (Å²) in [4.78, 5) is 14.8. The van der Waals surface area contributed by atoms with Gasteiger partial charge in [-0.3, -0.25) is 4.79 Å². The van der Waals surface area contributed by atoms with Crippen molar-refractivity contribution in [2.75, 3.05) is 13.7 Å².